The van der Waals surface area contributed by atoms with Crippen LogP contribution in [0.4, 0.5) is 5.69 Å². The Morgan fingerprint density at radius 1 is 1.12 bits per heavy atom. The summed E-state index contributed by atoms with van der Waals surface area (Å²) in [4.78, 5) is 12.6. The Balaban J connectivity index is 1.78. The molecule has 3 aromatic rings. The van der Waals surface area contributed by atoms with E-state index in [0.29, 0.717) is 6.61 Å². The van der Waals surface area contributed by atoms with E-state index in [1.165, 1.54) is 0 Å². The maximum atomic E-state index is 12.6. The third-order valence-corrected chi connectivity index (χ3v) is 4.16. The van der Waals surface area contributed by atoms with Crippen LogP contribution < -0.4 is 14.8 Å². The first-order chi connectivity index (χ1) is 12.1. The zero-order valence-corrected chi connectivity index (χ0v) is 14.7. The molecule has 130 valence electrons. The van der Waals surface area contributed by atoms with Crippen LogP contribution >= 0.6 is 0 Å². The van der Waals surface area contributed by atoms with E-state index >= 15 is 0 Å². The van der Waals surface area contributed by atoms with Gasteiger partial charge in [0.15, 0.2) is 0 Å². The molecular weight excluding hydrogens is 316 g/mol. The van der Waals surface area contributed by atoms with Gasteiger partial charge >= 0.3 is 0 Å². The molecule has 0 radical (unpaired) electrons. The van der Waals surface area contributed by atoms with Crippen LogP contribution in [0.25, 0.3) is 10.9 Å². The standard InChI is InChI=1S/C20H22N2O3/c1-4-25-18-9-10-19-15(13-18)11-12-22(19)14(2)20(23)21-16-5-7-17(24-3)8-6-16/h5-14H,4H2,1-3H3,(H,21,23). The summed E-state index contributed by atoms with van der Waals surface area (Å²) in [5.74, 6) is 1.52. The molecule has 3 rings (SSSR count). The smallest absolute Gasteiger partial charge is 0.247 e. The summed E-state index contributed by atoms with van der Waals surface area (Å²) in [5.41, 5.74) is 1.74. The van der Waals surface area contributed by atoms with Crippen molar-refractivity contribution in [3.63, 3.8) is 0 Å². The van der Waals surface area contributed by atoms with Crippen LogP contribution in [-0.2, 0) is 4.79 Å². The molecule has 0 aliphatic heterocycles. The van der Waals surface area contributed by atoms with Crippen molar-refractivity contribution in [3.8, 4) is 11.5 Å². The Morgan fingerprint density at radius 3 is 2.52 bits per heavy atom. The summed E-state index contributed by atoms with van der Waals surface area (Å²) in [7, 11) is 1.61. The van der Waals surface area contributed by atoms with Crippen LogP contribution in [0.2, 0.25) is 0 Å². The first kappa shape index (κ1) is 16.9. The lowest BCUT2D eigenvalue weighted by Gasteiger charge is -2.16. The van der Waals surface area contributed by atoms with Gasteiger partial charge in [-0.2, -0.15) is 0 Å². The lowest BCUT2D eigenvalue weighted by Crippen LogP contribution is -2.23. The van der Waals surface area contributed by atoms with Crippen molar-refractivity contribution in [1.29, 1.82) is 0 Å². The lowest BCUT2D eigenvalue weighted by atomic mass is 10.2. The highest BCUT2D eigenvalue weighted by molar-refractivity contribution is 5.95. The second-order valence-electron chi connectivity index (χ2n) is 5.77. The third kappa shape index (κ3) is 3.60. The molecule has 5 nitrogen and oxygen atoms in total. The van der Waals surface area contributed by atoms with Gasteiger partial charge < -0.3 is 19.4 Å². The summed E-state index contributed by atoms with van der Waals surface area (Å²) in [6, 6.07) is 14.8. The lowest BCUT2D eigenvalue weighted by molar-refractivity contribution is -0.118. The Morgan fingerprint density at radius 2 is 1.84 bits per heavy atom. The van der Waals surface area contributed by atoms with E-state index in [4.69, 9.17) is 9.47 Å². The molecule has 2 aromatic carbocycles. The number of rotatable bonds is 6. The Hall–Kier alpha value is -2.95. The fraction of sp³-hybridized carbons (Fsp3) is 0.250. The summed E-state index contributed by atoms with van der Waals surface area (Å²) in [6.45, 7) is 4.47. The fourth-order valence-corrected chi connectivity index (χ4v) is 2.78. The molecule has 1 aromatic heterocycles. The Bertz CT molecular complexity index is 868. The molecule has 0 saturated carbocycles. The van der Waals surface area contributed by atoms with Crippen molar-refractivity contribution >= 4 is 22.5 Å². The number of carbonyl (C=O) groups excluding carboxylic acids is 1. The highest BCUT2D eigenvalue weighted by Crippen LogP contribution is 2.25. The van der Waals surface area contributed by atoms with E-state index in [1.807, 2.05) is 73.1 Å². The van der Waals surface area contributed by atoms with Gasteiger partial charge in [0, 0.05) is 22.8 Å². The first-order valence-electron chi connectivity index (χ1n) is 8.30. The summed E-state index contributed by atoms with van der Waals surface area (Å²) >= 11 is 0. The zero-order chi connectivity index (χ0) is 17.8. The number of anilines is 1. The van der Waals surface area contributed by atoms with Crippen LogP contribution in [-0.4, -0.2) is 24.2 Å². The predicted molar refractivity (Wildman–Crippen MR) is 99.4 cm³/mol. The van der Waals surface area contributed by atoms with Crippen molar-refractivity contribution in [2.45, 2.75) is 19.9 Å². The van der Waals surface area contributed by atoms with E-state index in [-0.39, 0.29) is 11.9 Å². The Kier molecular flexibility index (Phi) is 4.93. The summed E-state index contributed by atoms with van der Waals surface area (Å²) in [6.07, 6.45) is 1.93. The molecule has 0 bridgehead atoms. The maximum absolute atomic E-state index is 12.6. The minimum Gasteiger partial charge on any atom is -0.497 e. The van der Waals surface area contributed by atoms with Crippen LogP contribution in [0.15, 0.2) is 54.7 Å². The topological polar surface area (TPSA) is 52.5 Å². The van der Waals surface area contributed by atoms with Gasteiger partial charge in [-0.05, 0) is 62.4 Å². The van der Waals surface area contributed by atoms with Crippen molar-refractivity contribution in [1.82, 2.24) is 4.57 Å². The number of hydrogen-bond donors (Lipinski definition) is 1. The van der Waals surface area contributed by atoms with Crippen LogP contribution in [0, 0.1) is 0 Å². The highest BCUT2D eigenvalue weighted by atomic mass is 16.5. The maximum Gasteiger partial charge on any atom is 0.247 e. The van der Waals surface area contributed by atoms with Gasteiger partial charge in [0.05, 0.1) is 13.7 Å². The second kappa shape index (κ2) is 7.30. The monoisotopic (exact) mass is 338 g/mol. The van der Waals surface area contributed by atoms with Crippen molar-refractivity contribution in [3.05, 3.63) is 54.7 Å². The number of nitrogens with zero attached hydrogens (tertiary/aromatic N) is 1. The number of carbonyl (C=O) groups is 1. The van der Waals surface area contributed by atoms with Gasteiger partial charge in [0.1, 0.15) is 17.5 Å². The number of benzene rings is 2. The van der Waals surface area contributed by atoms with Crippen LogP contribution in [0.3, 0.4) is 0 Å². The van der Waals surface area contributed by atoms with Crippen molar-refractivity contribution in [2.24, 2.45) is 0 Å². The van der Waals surface area contributed by atoms with Crippen LogP contribution in [0.5, 0.6) is 11.5 Å². The molecule has 0 saturated heterocycles. The second-order valence-corrected chi connectivity index (χ2v) is 5.77. The van der Waals surface area contributed by atoms with Gasteiger partial charge in [0.25, 0.3) is 0 Å². The SMILES string of the molecule is CCOc1ccc2c(ccn2C(C)C(=O)Nc2ccc(OC)cc2)c1. The molecule has 0 fully saturated rings. The Labute approximate surface area is 147 Å². The molecule has 1 heterocycles. The molecular formula is C20H22N2O3. The number of ether oxygens (including phenoxy) is 2. The molecule has 0 aliphatic rings. The number of amides is 1. The number of aromatic nitrogens is 1. The molecule has 1 amide bonds. The molecule has 1 N–H and O–H groups in total. The highest BCUT2D eigenvalue weighted by Gasteiger charge is 2.17. The van der Waals surface area contributed by atoms with Gasteiger partial charge in [-0.25, -0.2) is 0 Å². The number of fused-ring (bicyclic) bond motifs is 1. The summed E-state index contributed by atoms with van der Waals surface area (Å²) < 4.78 is 12.6. The molecule has 1 atom stereocenters. The molecule has 25 heavy (non-hydrogen) atoms. The normalized spacial score (nSPS) is 12.0. The van der Waals surface area contributed by atoms with E-state index in [0.717, 1.165) is 28.1 Å². The summed E-state index contributed by atoms with van der Waals surface area (Å²) in [5, 5.41) is 3.99. The fourth-order valence-electron chi connectivity index (χ4n) is 2.78. The van der Waals surface area contributed by atoms with E-state index in [1.54, 1.807) is 7.11 Å². The van der Waals surface area contributed by atoms with E-state index < -0.39 is 0 Å². The third-order valence-electron chi connectivity index (χ3n) is 4.16. The van der Waals surface area contributed by atoms with E-state index in [9.17, 15) is 4.79 Å². The average Bonchev–Trinajstić information content (AvgIpc) is 3.05. The average molecular weight is 338 g/mol. The first-order valence-corrected chi connectivity index (χ1v) is 8.30. The molecule has 0 aliphatic carbocycles. The van der Waals surface area contributed by atoms with Crippen molar-refractivity contribution < 1.29 is 14.3 Å². The minimum absolute atomic E-state index is 0.0726. The minimum atomic E-state index is -0.336. The zero-order valence-electron chi connectivity index (χ0n) is 14.7. The van der Waals surface area contributed by atoms with E-state index in [2.05, 4.69) is 5.32 Å². The quantitative estimate of drug-likeness (QED) is 0.731. The number of nitrogens with one attached hydrogen (secondary N) is 1. The molecule has 5 heteroatoms. The van der Waals surface area contributed by atoms with Crippen molar-refractivity contribution in [2.75, 3.05) is 19.0 Å². The van der Waals surface area contributed by atoms with Gasteiger partial charge in [-0.3, -0.25) is 4.79 Å². The number of hydrogen-bond acceptors (Lipinski definition) is 3. The van der Waals surface area contributed by atoms with Gasteiger partial charge in [-0.15, -0.1) is 0 Å². The molecule has 0 spiro atoms. The van der Waals surface area contributed by atoms with Gasteiger partial charge in [0.2, 0.25) is 5.91 Å². The number of methoxy groups -OCH3 is 1. The molecule has 1 unspecified atom stereocenters. The van der Waals surface area contributed by atoms with Crippen LogP contribution in [0.1, 0.15) is 19.9 Å². The predicted octanol–water partition coefficient (Wildman–Crippen LogP) is 4.25. The largest absolute Gasteiger partial charge is 0.497 e. The van der Waals surface area contributed by atoms with Gasteiger partial charge in [-0.1, -0.05) is 0 Å².